The van der Waals surface area contributed by atoms with Gasteiger partial charge in [0.2, 0.25) is 0 Å². The van der Waals surface area contributed by atoms with Gasteiger partial charge in [-0.05, 0) is 29.8 Å². The molecule has 0 heterocycles. The lowest BCUT2D eigenvalue weighted by Crippen LogP contribution is -2.07. The molecule has 0 fully saturated rings. The second-order valence-electron chi connectivity index (χ2n) is 3.94. The second kappa shape index (κ2) is 5.84. The van der Waals surface area contributed by atoms with Crippen molar-refractivity contribution in [2.75, 3.05) is 5.32 Å². The van der Waals surface area contributed by atoms with Crippen LogP contribution in [-0.2, 0) is 6.54 Å². The number of halogens is 2. The molecular weight excluding hydrogens is 313 g/mol. The predicted molar refractivity (Wildman–Crippen MR) is 74.8 cm³/mol. The fourth-order valence-electron chi connectivity index (χ4n) is 1.68. The molecule has 0 amide bonds. The molecule has 0 radical (unpaired) electrons. The third-order valence-electron chi connectivity index (χ3n) is 2.64. The van der Waals surface area contributed by atoms with Crippen LogP contribution in [0.5, 0.6) is 0 Å². The minimum Gasteiger partial charge on any atom is -0.478 e. The Morgan fingerprint density at radius 2 is 2.00 bits per heavy atom. The van der Waals surface area contributed by atoms with Gasteiger partial charge in [-0.15, -0.1) is 0 Å². The first-order valence-electron chi connectivity index (χ1n) is 5.58. The van der Waals surface area contributed by atoms with Gasteiger partial charge in [0.15, 0.2) is 0 Å². The van der Waals surface area contributed by atoms with Gasteiger partial charge in [-0.3, -0.25) is 0 Å². The van der Waals surface area contributed by atoms with E-state index < -0.39 is 11.8 Å². The molecule has 0 spiro atoms. The number of carboxylic acids is 1. The van der Waals surface area contributed by atoms with Gasteiger partial charge in [0.1, 0.15) is 5.82 Å². The fraction of sp³-hybridized carbons (Fsp3) is 0.0714. The molecule has 0 saturated heterocycles. The number of hydrogen-bond acceptors (Lipinski definition) is 2. The number of aromatic carboxylic acids is 1. The molecule has 0 aromatic heterocycles. The second-order valence-corrected chi connectivity index (χ2v) is 4.79. The Hall–Kier alpha value is -1.88. The van der Waals surface area contributed by atoms with Crippen LogP contribution < -0.4 is 5.32 Å². The summed E-state index contributed by atoms with van der Waals surface area (Å²) in [6.45, 7) is 0.452. The molecule has 5 heteroatoms. The SMILES string of the molecule is O=C(O)c1cc(F)ccc1NCc1ccccc1Br. The van der Waals surface area contributed by atoms with E-state index in [1.807, 2.05) is 24.3 Å². The number of nitrogens with one attached hydrogen (secondary N) is 1. The molecule has 0 aliphatic carbocycles. The van der Waals surface area contributed by atoms with E-state index in [0.29, 0.717) is 12.2 Å². The monoisotopic (exact) mass is 323 g/mol. The van der Waals surface area contributed by atoms with E-state index >= 15 is 0 Å². The molecule has 2 aromatic rings. The Labute approximate surface area is 118 Å². The Kier molecular flexibility index (Phi) is 4.16. The highest BCUT2D eigenvalue weighted by Crippen LogP contribution is 2.21. The van der Waals surface area contributed by atoms with Crippen molar-refractivity contribution >= 4 is 27.6 Å². The predicted octanol–water partition coefficient (Wildman–Crippen LogP) is 3.90. The first-order valence-corrected chi connectivity index (χ1v) is 6.37. The molecule has 2 N–H and O–H groups in total. The van der Waals surface area contributed by atoms with E-state index in [9.17, 15) is 9.18 Å². The van der Waals surface area contributed by atoms with Gasteiger partial charge < -0.3 is 10.4 Å². The molecule has 19 heavy (non-hydrogen) atoms. The summed E-state index contributed by atoms with van der Waals surface area (Å²) in [5, 5.41) is 12.0. The Morgan fingerprint density at radius 1 is 1.26 bits per heavy atom. The maximum Gasteiger partial charge on any atom is 0.337 e. The Balaban J connectivity index is 2.20. The van der Waals surface area contributed by atoms with Crippen LogP contribution in [0.25, 0.3) is 0 Å². The zero-order valence-corrected chi connectivity index (χ0v) is 11.4. The number of carbonyl (C=O) groups is 1. The van der Waals surface area contributed by atoms with Crippen molar-refractivity contribution in [3.05, 3.63) is 63.9 Å². The number of benzene rings is 2. The summed E-state index contributed by atoms with van der Waals surface area (Å²) in [6, 6.07) is 11.3. The van der Waals surface area contributed by atoms with Crippen LogP contribution >= 0.6 is 15.9 Å². The summed E-state index contributed by atoms with van der Waals surface area (Å²) in [4.78, 5) is 11.0. The number of carboxylic acid groups (broad SMARTS) is 1. The van der Waals surface area contributed by atoms with Gasteiger partial charge in [-0.2, -0.15) is 0 Å². The molecule has 0 atom stereocenters. The van der Waals surface area contributed by atoms with E-state index in [4.69, 9.17) is 5.11 Å². The first kappa shape index (κ1) is 13.5. The van der Waals surface area contributed by atoms with E-state index in [2.05, 4.69) is 21.2 Å². The average molecular weight is 324 g/mol. The third-order valence-corrected chi connectivity index (χ3v) is 3.41. The number of anilines is 1. The van der Waals surface area contributed by atoms with Crippen molar-refractivity contribution in [2.45, 2.75) is 6.54 Å². The molecular formula is C14H11BrFNO2. The molecule has 0 unspecified atom stereocenters. The molecule has 98 valence electrons. The van der Waals surface area contributed by atoms with Gasteiger partial charge in [-0.1, -0.05) is 34.1 Å². The van der Waals surface area contributed by atoms with Crippen LogP contribution in [-0.4, -0.2) is 11.1 Å². The van der Waals surface area contributed by atoms with Crippen LogP contribution in [0.15, 0.2) is 46.9 Å². The van der Waals surface area contributed by atoms with Crippen LogP contribution in [0.1, 0.15) is 15.9 Å². The van der Waals surface area contributed by atoms with E-state index in [0.717, 1.165) is 16.1 Å². The highest BCUT2D eigenvalue weighted by Gasteiger charge is 2.11. The van der Waals surface area contributed by atoms with Crippen molar-refractivity contribution in [3.63, 3.8) is 0 Å². The smallest absolute Gasteiger partial charge is 0.337 e. The molecule has 0 aliphatic heterocycles. The summed E-state index contributed by atoms with van der Waals surface area (Å²) < 4.78 is 14.0. The highest BCUT2D eigenvalue weighted by molar-refractivity contribution is 9.10. The van der Waals surface area contributed by atoms with Crippen molar-refractivity contribution in [1.82, 2.24) is 0 Å². The largest absolute Gasteiger partial charge is 0.478 e. The lowest BCUT2D eigenvalue weighted by atomic mass is 10.1. The average Bonchev–Trinajstić information content (AvgIpc) is 2.38. The van der Waals surface area contributed by atoms with E-state index in [1.54, 1.807) is 0 Å². The fourth-order valence-corrected chi connectivity index (χ4v) is 2.10. The summed E-state index contributed by atoms with van der Waals surface area (Å²) in [5.74, 6) is -1.72. The van der Waals surface area contributed by atoms with Crippen LogP contribution in [0.4, 0.5) is 10.1 Å². The van der Waals surface area contributed by atoms with Gasteiger partial charge in [0.05, 0.1) is 5.56 Å². The molecule has 2 aromatic carbocycles. The number of hydrogen-bond donors (Lipinski definition) is 2. The summed E-state index contributed by atoms with van der Waals surface area (Å²) in [6.07, 6.45) is 0. The van der Waals surface area contributed by atoms with Crippen molar-refractivity contribution < 1.29 is 14.3 Å². The number of rotatable bonds is 4. The third kappa shape index (κ3) is 3.32. The van der Waals surface area contributed by atoms with Crippen molar-refractivity contribution in [1.29, 1.82) is 0 Å². The van der Waals surface area contributed by atoms with Crippen molar-refractivity contribution in [3.8, 4) is 0 Å². The van der Waals surface area contributed by atoms with Crippen LogP contribution in [0.3, 0.4) is 0 Å². The van der Waals surface area contributed by atoms with E-state index in [1.165, 1.54) is 12.1 Å². The van der Waals surface area contributed by atoms with Crippen LogP contribution in [0, 0.1) is 5.82 Å². The Morgan fingerprint density at radius 3 is 2.68 bits per heavy atom. The zero-order chi connectivity index (χ0) is 13.8. The molecule has 0 bridgehead atoms. The minimum atomic E-state index is -1.16. The highest BCUT2D eigenvalue weighted by atomic mass is 79.9. The lowest BCUT2D eigenvalue weighted by Gasteiger charge is -2.10. The molecule has 0 saturated carbocycles. The maximum absolute atomic E-state index is 13.0. The van der Waals surface area contributed by atoms with Crippen LogP contribution in [0.2, 0.25) is 0 Å². The Bertz CT molecular complexity index is 616. The van der Waals surface area contributed by atoms with Gasteiger partial charge in [0, 0.05) is 16.7 Å². The zero-order valence-electron chi connectivity index (χ0n) is 9.86. The standard InChI is InChI=1S/C14H11BrFNO2/c15-12-4-2-1-3-9(12)8-17-13-6-5-10(16)7-11(13)14(18)19/h1-7,17H,8H2,(H,18,19). The molecule has 2 rings (SSSR count). The summed E-state index contributed by atoms with van der Waals surface area (Å²) in [7, 11) is 0. The first-order chi connectivity index (χ1) is 9.08. The summed E-state index contributed by atoms with van der Waals surface area (Å²) in [5.41, 5.74) is 1.31. The summed E-state index contributed by atoms with van der Waals surface area (Å²) >= 11 is 3.41. The van der Waals surface area contributed by atoms with Gasteiger partial charge in [-0.25, -0.2) is 9.18 Å². The van der Waals surface area contributed by atoms with Gasteiger partial charge in [0.25, 0.3) is 0 Å². The lowest BCUT2D eigenvalue weighted by molar-refractivity contribution is 0.0697. The molecule has 3 nitrogen and oxygen atoms in total. The van der Waals surface area contributed by atoms with Crippen molar-refractivity contribution in [2.24, 2.45) is 0 Å². The topological polar surface area (TPSA) is 49.3 Å². The maximum atomic E-state index is 13.0. The van der Waals surface area contributed by atoms with E-state index in [-0.39, 0.29) is 5.56 Å². The normalized spacial score (nSPS) is 10.2. The quantitative estimate of drug-likeness (QED) is 0.897. The van der Waals surface area contributed by atoms with Gasteiger partial charge >= 0.3 is 5.97 Å². The minimum absolute atomic E-state index is 0.0768. The molecule has 0 aliphatic rings.